The standard InChI is InChI=1S/C14H17ClN2O/c1-3-18-9-8-17(2)14-6-7-16-13-10-11(15)4-5-12(13)14/h4-7,10H,3,8-9H2,1-2H3. The molecule has 18 heavy (non-hydrogen) atoms. The minimum atomic E-state index is 0.712. The number of pyridine rings is 1. The van der Waals surface area contributed by atoms with Crippen molar-refractivity contribution in [1.82, 2.24) is 4.98 Å². The molecule has 0 saturated carbocycles. The molecule has 0 fully saturated rings. The van der Waals surface area contributed by atoms with E-state index < -0.39 is 0 Å². The molecule has 0 bridgehead atoms. The number of halogens is 1. The third kappa shape index (κ3) is 2.92. The highest BCUT2D eigenvalue weighted by Crippen LogP contribution is 2.26. The van der Waals surface area contributed by atoms with Crippen LogP contribution in [-0.4, -0.2) is 31.8 Å². The van der Waals surface area contributed by atoms with Crippen LogP contribution in [0.2, 0.25) is 5.02 Å². The number of anilines is 1. The summed E-state index contributed by atoms with van der Waals surface area (Å²) in [5.41, 5.74) is 2.07. The van der Waals surface area contributed by atoms with Crippen LogP contribution in [0.4, 0.5) is 5.69 Å². The molecule has 0 N–H and O–H groups in total. The van der Waals surface area contributed by atoms with Crippen LogP contribution in [0.5, 0.6) is 0 Å². The molecule has 4 heteroatoms. The number of aromatic nitrogens is 1. The monoisotopic (exact) mass is 264 g/mol. The minimum Gasteiger partial charge on any atom is -0.380 e. The highest BCUT2D eigenvalue weighted by molar-refractivity contribution is 6.31. The molecule has 1 aromatic heterocycles. The van der Waals surface area contributed by atoms with Gasteiger partial charge in [-0.3, -0.25) is 4.98 Å². The van der Waals surface area contributed by atoms with Gasteiger partial charge < -0.3 is 9.64 Å². The number of nitrogens with zero attached hydrogens (tertiary/aromatic N) is 2. The van der Waals surface area contributed by atoms with Gasteiger partial charge in [-0.1, -0.05) is 11.6 Å². The van der Waals surface area contributed by atoms with E-state index in [-0.39, 0.29) is 0 Å². The van der Waals surface area contributed by atoms with Crippen LogP contribution in [-0.2, 0) is 4.74 Å². The molecule has 1 aromatic carbocycles. The highest BCUT2D eigenvalue weighted by atomic mass is 35.5. The van der Waals surface area contributed by atoms with E-state index in [0.29, 0.717) is 5.02 Å². The summed E-state index contributed by atoms with van der Waals surface area (Å²) in [5, 5.41) is 1.82. The zero-order valence-electron chi connectivity index (χ0n) is 10.7. The topological polar surface area (TPSA) is 25.4 Å². The van der Waals surface area contributed by atoms with E-state index in [1.165, 1.54) is 0 Å². The van der Waals surface area contributed by atoms with Crippen molar-refractivity contribution in [3.63, 3.8) is 0 Å². The van der Waals surface area contributed by atoms with Crippen LogP contribution >= 0.6 is 11.6 Å². The molecule has 0 unspecified atom stereocenters. The first-order valence-electron chi connectivity index (χ1n) is 6.05. The Morgan fingerprint density at radius 2 is 2.17 bits per heavy atom. The van der Waals surface area contributed by atoms with E-state index >= 15 is 0 Å². The second kappa shape index (κ2) is 6.03. The van der Waals surface area contributed by atoms with E-state index in [2.05, 4.69) is 16.9 Å². The van der Waals surface area contributed by atoms with Crippen LogP contribution in [0.15, 0.2) is 30.5 Å². The normalized spacial score (nSPS) is 10.8. The first kappa shape index (κ1) is 13.1. The van der Waals surface area contributed by atoms with Crippen molar-refractivity contribution in [2.45, 2.75) is 6.92 Å². The van der Waals surface area contributed by atoms with Gasteiger partial charge in [-0.15, -0.1) is 0 Å². The first-order chi connectivity index (χ1) is 8.72. The maximum Gasteiger partial charge on any atom is 0.0737 e. The molecule has 2 rings (SSSR count). The molecule has 0 atom stereocenters. The number of hydrogen-bond donors (Lipinski definition) is 0. The van der Waals surface area contributed by atoms with Gasteiger partial charge in [0.1, 0.15) is 0 Å². The van der Waals surface area contributed by atoms with Crippen LogP contribution < -0.4 is 4.90 Å². The van der Waals surface area contributed by atoms with Gasteiger partial charge in [0, 0.05) is 42.5 Å². The molecule has 2 aromatic rings. The third-order valence-electron chi connectivity index (χ3n) is 2.87. The SMILES string of the molecule is CCOCCN(C)c1ccnc2cc(Cl)ccc12. The number of likely N-dealkylation sites (N-methyl/N-ethyl adjacent to an activating group) is 1. The molecule has 1 heterocycles. The van der Waals surface area contributed by atoms with Gasteiger partial charge in [-0.25, -0.2) is 0 Å². The molecule has 0 aliphatic heterocycles. The summed E-state index contributed by atoms with van der Waals surface area (Å²) >= 11 is 5.98. The Hall–Kier alpha value is -1.32. The minimum absolute atomic E-state index is 0.712. The van der Waals surface area contributed by atoms with Gasteiger partial charge in [0.15, 0.2) is 0 Å². The number of hydrogen-bond acceptors (Lipinski definition) is 3. The average Bonchev–Trinajstić information content (AvgIpc) is 2.37. The number of ether oxygens (including phenoxy) is 1. The Morgan fingerprint density at radius 1 is 1.33 bits per heavy atom. The molecule has 3 nitrogen and oxygen atoms in total. The maximum atomic E-state index is 5.98. The predicted octanol–water partition coefficient (Wildman–Crippen LogP) is 3.36. The fourth-order valence-electron chi connectivity index (χ4n) is 1.91. The Bertz CT molecular complexity index is 530. The summed E-state index contributed by atoms with van der Waals surface area (Å²) in [4.78, 5) is 6.51. The van der Waals surface area contributed by atoms with Crippen LogP contribution in [0.25, 0.3) is 10.9 Å². The van der Waals surface area contributed by atoms with Gasteiger partial charge in [-0.2, -0.15) is 0 Å². The van der Waals surface area contributed by atoms with Gasteiger partial charge in [-0.05, 0) is 31.2 Å². The number of fused-ring (bicyclic) bond motifs is 1. The second-order valence-electron chi connectivity index (χ2n) is 4.11. The van der Waals surface area contributed by atoms with Crippen molar-refractivity contribution < 1.29 is 4.74 Å². The quantitative estimate of drug-likeness (QED) is 0.775. The van der Waals surface area contributed by atoms with Crippen LogP contribution in [0, 0.1) is 0 Å². The lowest BCUT2D eigenvalue weighted by Gasteiger charge is -2.20. The summed E-state index contributed by atoms with van der Waals surface area (Å²) in [5.74, 6) is 0. The smallest absolute Gasteiger partial charge is 0.0737 e. The maximum absolute atomic E-state index is 5.98. The summed E-state index contributed by atoms with van der Waals surface area (Å²) in [6.07, 6.45) is 1.81. The molecular formula is C14H17ClN2O. The zero-order valence-corrected chi connectivity index (χ0v) is 11.4. The van der Waals surface area contributed by atoms with Crippen molar-refractivity contribution in [3.8, 4) is 0 Å². The lowest BCUT2D eigenvalue weighted by molar-refractivity contribution is 0.154. The predicted molar refractivity (Wildman–Crippen MR) is 76.5 cm³/mol. The Labute approximate surface area is 112 Å². The Balaban J connectivity index is 2.27. The molecule has 96 valence electrons. The number of rotatable bonds is 5. The van der Waals surface area contributed by atoms with Crippen molar-refractivity contribution >= 4 is 28.2 Å². The third-order valence-corrected chi connectivity index (χ3v) is 3.10. The molecule has 0 aliphatic carbocycles. The zero-order chi connectivity index (χ0) is 13.0. The van der Waals surface area contributed by atoms with E-state index in [4.69, 9.17) is 16.3 Å². The lowest BCUT2D eigenvalue weighted by atomic mass is 10.2. The molecule has 0 amide bonds. The first-order valence-corrected chi connectivity index (χ1v) is 6.43. The highest BCUT2D eigenvalue weighted by Gasteiger charge is 2.06. The summed E-state index contributed by atoms with van der Waals surface area (Å²) < 4.78 is 5.38. The molecule has 0 spiro atoms. The van der Waals surface area contributed by atoms with Crippen molar-refractivity contribution in [3.05, 3.63) is 35.5 Å². The number of benzene rings is 1. The summed E-state index contributed by atoms with van der Waals surface area (Å²) in [7, 11) is 2.06. The Morgan fingerprint density at radius 3 is 2.94 bits per heavy atom. The summed E-state index contributed by atoms with van der Waals surface area (Å²) in [6.45, 7) is 4.34. The molecule has 0 saturated heterocycles. The van der Waals surface area contributed by atoms with E-state index in [9.17, 15) is 0 Å². The van der Waals surface area contributed by atoms with E-state index in [0.717, 1.165) is 36.3 Å². The van der Waals surface area contributed by atoms with Crippen LogP contribution in [0.3, 0.4) is 0 Å². The van der Waals surface area contributed by atoms with Crippen LogP contribution in [0.1, 0.15) is 6.92 Å². The average molecular weight is 265 g/mol. The van der Waals surface area contributed by atoms with E-state index in [1.807, 2.05) is 37.4 Å². The van der Waals surface area contributed by atoms with E-state index in [1.54, 1.807) is 0 Å². The molecule has 0 aliphatic rings. The molecule has 0 radical (unpaired) electrons. The van der Waals surface area contributed by atoms with Crippen molar-refractivity contribution in [2.24, 2.45) is 0 Å². The van der Waals surface area contributed by atoms with Gasteiger partial charge in [0.25, 0.3) is 0 Å². The van der Waals surface area contributed by atoms with Gasteiger partial charge >= 0.3 is 0 Å². The van der Waals surface area contributed by atoms with Gasteiger partial charge in [0.2, 0.25) is 0 Å². The fraction of sp³-hybridized carbons (Fsp3) is 0.357. The molecular weight excluding hydrogens is 248 g/mol. The second-order valence-corrected chi connectivity index (χ2v) is 4.55. The Kier molecular flexibility index (Phi) is 4.39. The fourth-order valence-corrected chi connectivity index (χ4v) is 2.07. The summed E-state index contributed by atoms with van der Waals surface area (Å²) in [6, 6.07) is 7.81. The van der Waals surface area contributed by atoms with Crippen molar-refractivity contribution in [2.75, 3.05) is 31.7 Å². The lowest BCUT2D eigenvalue weighted by Crippen LogP contribution is -2.22. The largest absolute Gasteiger partial charge is 0.380 e. The van der Waals surface area contributed by atoms with Gasteiger partial charge in [0.05, 0.1) is 12.1 Å². The van der Waals surface area contributed by atoms with Crippen molar-refractivity contribution in [1.29, 1.82) is 0 Å².